The van der Waals surface area contributed by atoms with E-state index in [9.17, 15) is 4.79 Å². The first-order valence-corrected chi connectivity index (χ1v) is 11.8. The van der Waals surface area contributed by atoms with Crippen LogP contribution in [-0.2, 0) is 4.79 Å². The molecule has 1 aliphatic rings. The minimum atomic E-state index is 0.0178. The van der Waals surface area contributed by atoms with E-state index in [0.29, 0.717) is 11.1 Å². The van der Waals surface area contributed by atoms with E-state index in [2.05, 4.69) is 29.6 Å². The van der Waals surface area contributed by atoms with E-state index in [1.165, 1.54) is 0 Å². The number of aromatic nitrogens is 4. The van der Waals surface area contributed by atoms with E-state index in [1.807, 2.05) is 38.1 Å². The fourth-order valence-corrected chi connectivity index (χ4v) is 4.25. The molecule has 2 heterocycles. The van der Waals surface area contributed by atoms with E-state index < -0.39 is 0 Å². The molecule has 32 heavy (non-hydrogen) atoms. The maximum Gasteiger partial charge on any atom is 0.222 e. The first-order chi connectivity index (χ1) is 15.3. The van der Waals surface area contributed by atoms with Gasteiger partial charge in [0, 0.05) is 23.9 Å². The van der Waals surface area contributed by atoms with Gasteiger partial charge in [-0.15, -0.1) is 0 Å². The molecule has 1 aromatic carbocycles. The summed E-state index contributed by atoms with van der Waals surface area (Å²) in [5, 5.41) is 12.9. The van der Waals surface area contributed by atoms with Gasteiger partial charge in [-0.2, -0.15) is 5.10 Å². The zero-order valence-corrected chi connectivity index (χ0v) is 19.9. The number of nitrogens with one attached hydrogen (secondary N) is 2. The fourth-order valence-electron chi connectivity index (χ4n) is 4.04. The van der Waals surface area contributed by atoms with Crippen LogP contribution in [0, 0.1) is 5.92 Å². The maximum absolute atomic E-state index is 12.0. The molecule has 3 aromatic rings. The number of rotatable bonds is 6. The number of carbonyl (C=O) groups excluding carboxylic acids is 1. The lowest BCUT2D eigenvalue weighted by atomic mass is 9.90. The third-order valence-corrected chi connectivity index (χ3v) is 6.30. The summed E-state index contributed by atoms with van der Waals surface area (Å²) >= 11 is 6.43. The number of para-hydroxylation sites is 1. The Balaban J connectivity index is 1.58. The van der Waals surface area contributed by atoms with Crippen LogP contribution in [0.3, 0.4) is 0 Å². The average molecular weight is 455 g/mol. The van der Waals surface area contributed by atoms with E-state index in [0.717, 1.165) is 54.0 Å². The van der Waals surface area contributed by atoms with E-state index >= 15 is 0 Å². The van der Waals surface area contributed by atoms with Crippen LogP contribution >= 0.6 is 11.6 Å². The second kappa shape index (κ2) is 9.45. The summed E-state index contributed by atoms with van der Waals surface area (Å²) in [6.45, 7) is 8.03. The van der Waals surface area contributed by atoms with Gasteiger partial charge in [-0.3, -0.25) is 4.79 Å². The molecule has 1 fully saturated rings. The Labute approximate surface area is 194 Å². The van der Waals surface area contributed by atoms with Crippen molar-refractivity contribution in [1.29, 1.82) is 0 Å². The third kappa shape index (κ3) is 4.72. The zero-order chi connectivity index (χ0) is 22.8. The lowest BCUT2D eigenvalue weighted by molar-refractivity contribution is -0.124. The Bertz CT molecular complexity index is 1100. The van der Waals surface area contributed by atoms with Gasteiger partial charge in [0.1, 0.15) is 11.6 Å². The molecular formula is C24H31ClN6O. The van der Waals surface area contributed by atoms with Crippen molar-refractivity contribution in [3.63, 3.8) is 0 Å². The van der Waals surface area contributed by atoms with Crippen molar-refractivity contribution in [2.75, 3.05) is 5.32 Å². The van der Waals surface area contributed by atoms with Gasteiger partial charge in [0.2, 0.25) is 5.91 Å². The minimum absolute atomic E-state index is 0.0178. The molecule has 8 heteroatoms. The molecule has 2 N–H and O–H groups in total. The standard InChI is InChI=1S/C24H31ClN6O/c1-14(2)21-29-22(27-16-9-11-17(12-10-16)28-24(32)15(3)4)18-13-26-31(23(18)30-21)20-8-6-5-7-19(20)25/h5-8,13-17H,9-12H2,1-4H3,(H,28,32)(H,27,29,30). The Morgan fingerprint density at radius 3 is 2.41 bits per heavy atom. The summed E-state index contributed by atoms with van der Waals surface area (Å²) in [6.07, 6.45) is 5.68. The predicted molar refractivity (Wildman–Crippen MR) is 128 cm³/mol. The molecule has 170 valence electrons. The van der Waals surface area contributed by atoms with Crippen LogP contribution in [0.2, 0.25) is 5.02 Å². The molecule has 0 aliphatic heterocycles. The highest BCUT2D eigenvalue weighted by molar-refractivity contribution is 6.32. The van der Waals surface area contributed by atoms with Gasteiger partial charge in [0.25, 0.3) is 0 Å². The number of hydrogen-bond donors (Lipinski definition) is 2. The number of amides is 1. The van der Waals surface area contributed by atoms with Crippen LogP contribution in [0.5, 0.6) is 0 Å². The van der Waals surface area contributed by atoms with Gasteiger partial charge in [0.05, 0.1) is 22.3 Å². The molecule has 1 amide bonds. The van der Waals surface area contributed by atoms with E-state index in [-0.39, 0.29) is 23.8 Å². The molecule has 2 aromatic heterocycles. The smallest absolute Gasteiger partial charge is 0.222 e. The number of benzene rings is 1. The van der Waals surface area contributed by atoms with Crippen molar-refractivity contribution in [1.82, 2.24) is 25.1 Å². The quantitative estimate of drug-likeness (QED) is 0.542. The van der Waals surface area contributed by atoms with Gasteiger partial charge in [-0.1, -0.05) is 51.4 Å². The molecule has 0 bridgehead atoms. The molecule has 0 radical (unpaired) electrons. The minimum Gasteiger partial charge on any atom is -0.367 e. The average Bonchev–Trinajstić information content (AvgIpc) is 3.19. The van der Waals surface area contributed by atoms with Crippen molar-refractivity contribution in [3.8, 4) is 5.69 Å². The van der Waals surface area contributed by atoms with Gasteiger partial charge < -0.3 is 10.6 Å². The van der Waals surface area contributed by atoms with Crippen molar-refractivity contribution in [2.45, 2.75) is 71.4 Å². The Morgan fingerprint density at radius 2 is 1.75 bits per heavy atom. The monoisotopic (exact) mass is 454 g/mol. The van der Waals surface area contributed by atoms with Crippen molar-refractivity contribution in [2.24, 2.45) is 5.92 Å². The van der Waals surface area contributed by atoms with Crippen molar-refractivity contribution in [3.05, 3.63) is 41.3 Å². The predicted octanol–water partition coefficient (Wildman–Crippen LogP) is 5.09. The van der Waals surface area contributed by atoms with Crippen LogP contribution in [0.15, 0.2) is 30.5 Å². The highest BCUT2D eigenvalue weighted by Crippen LogP contribution is 2.30. The molecule has 0 spiro atoms. The van der Waals surface area contributed by atoms with Crippen LogP contribution in [-0.4, -0.2) is 37.7 Å². The number of carbonyl (C=O) groups is 1. The molecular weight excluding hydrogens is 424 g/mol. The summed E-state index contributed by atoms with van der Waals surface area (Å²) in [7, 11) is 0. The van der Waals surface area contributed by atoms with E-state index in [1.54, 1.807) is 10.9 Å². The molecule has 0 unspecified atom stereocenters. The molecule has 4 rings (SSSR count). The summed E-state index contributed by atoms with van der Waals surface area (Å²) in [5.41, 5.74) is 1.54. The van der Waals surface area contributed by atoms with Crippen LogP contribution in [0.25, 0.3) is 16.7 Å². The topological polar surface area (TPSA) is 84.7 Å². The highest BCUT2D eigenvalue weighted by Gasteiger charge is 2.25. The first kappa shape index (κ1) is 22.5. The van der Waals surface area contributed by atoms with Crippen molar-refractivity contribution < 1.29 is 4.79 Å². The van der Waals surface area contributed by atoms with Crippen LogP contribution < -0.4 is 10.6 Å². The van der Waals surface area contributed by atoms with Crippen LogP contribution in [0.4, 0.5) is 5.82 Å². The normalized spacial score (nSPS) is 19.0. The Morgan fingerprint density at radius 1 is 1.06 bits per heavy atom. The molecule has 0 saturated heterocycles. The number of hydrogen-bond acceptors (Lipinski definition) is 5. The summed E-state index contributed by atoms with van der Waals surface area (Å²) in [4.78, 5) is 21.7. The molecule has 0 atom stereocenters. The number of nitrogens with zero attached hydrogens (tertiary/aromatic N) is 4. The zero-order valence-electron chi connectivity index (χ0n) is 19.1. The Hall–Kier alpha value is -2.67. The first-order valence-electron chi connectivity index (χ1n) is 11.4. The molecule has 1 saturated carbocycles. The second-order valence-corrected chi connectivity index (χ2v) is 9.59. The second-order valence-electron chi connectivity index (χ2n) is 9.19. The number of halogens is 1. The largest absolute Gasteiger partial charge is 0.367 e. The fraction of sp³-hybridized carbons (Fsp3) is 0.500. The summed E-state index contributed by atoms with van der Waals surface area (Å²) in [6, 6.07) is 8.18. The number of anilines is 1. The van der Waals surface area contributed by atoms with Crippen LogP contribution in [0.1, 0.15) is 65.1 Å². The SMILES string of the molecule is CC(C)C(=O)NC1CCC(Nc2nc(C(C)C)nc3c2cnn3-c2ccccc2Cl)CC1. The van der Waals surface area contributed by atoms with Crippen molar-refractivity contribution >= 4 is 34.4 Å². The van der Waals surface area contributed by atoms with Gasteiger partial charge in [0.15, 0.2) is 5.65 Å². The molecule has 1 aliphatic carbocycles. The Kier molecular flexibility index (Phi) is 6.65. The number of fused-ring (bicyclic) bond motifs is 1. The lowest BCUT2D eigenvalue weighted by Crippen LogP contribution is -2.41. The van der Waals surface area contributed by atoms with Gasteiger partial charge >= 0.3 is 0 Å². The summed E-state index contributed by atoms with van der Waals surface area (Å²) < 4.78 is 1.79. The highest BCUT2D eigenvalue weighted by atomic mass is 35.5. The molecule has 7 nitrogen and oxygen atoms in total. The van der Waals surface area contributed by atoms with E-state index in [4.69, 9.17) is 21.6 Å². The van der Waals surface area contributed by atoms with Gasteiger partial charge in [-0.05, 0) is 37.8 Å². The lowest BCUT2D eigenvalue weighted by Gasteiger charge is -2.30. The third-order valence-electron chi connectivity index (χ3n) is 5.98. The maximum atomic E-state index is 12.0. The summed E-state index contributed by atoms with van der Waals surface area (Å²) in [5.74, 6) is 1.91. The van der Waals surface area contributed by atoms with Gasteiger partial charge in [-0.25, -0.2) is 14.6 Å².